The van der Waals surface area contributed by atoms with Gasteiger partial charge in [-0.3, -0.25) is 0 Å². The van der Waals surface area contributed by atoms with Crippen molar-refractivity contribution in [3.8, 4) is 0 Å². The first-order valence-electron chi connectivity index (χ1n) is 16.6. The smallest absolute Gasteiger partial charge is 0.115 e. The lowest BCUT2D eigenvalue weighted by Crippen LogP contribution is -1.85. The molecule has 0 radical (unpaired) electrons. The van der Waals surface area contributed by atoms with E-state index in [1.165, 1.54) is 55.2 Å². The highest BCUT2D eigenvalue weighted by molar-refractivity contribution is 5.40. The Balaban J connectivity index is -0.000000102. The summed E-state index contributed by atoms with van der Waals surface area (Å²) in [5.41, 5.74) is 5.81. The Morgan fingerprint density at radius 2 is 1.22 bits per heavy atom. The maximum atomic E-state index is 9.26. The van der Waals surface area contributed by atoms with Crippen LogP contribution in [0.2, 0.25) is 0 Å². The quantitative estimate of drug-likeness (QED) is 0.168. The molecule has 0 amide bonds. The molecule has 0 aliphatic carbocycles. The maximum Gasteiger partial charge on any atom is 0.115 e. The normalized spacial score (nSPS) is 10.1. The Hall–Kier alpha value is -2.28. The van der Waals surface area contributed by atoms with Gasteiger partial charge < -0.3 is 5.11 Å². The highest BCUT2D eigenvalue weighted by Gasteiger charge is 1.97. The molecule has 0 aliphatic heterocycles. The van der Waals surface area contributed by atoms with Gasteiger partial charge in [0, 0.05) is 5.57 Å². The summed E-state index contributed by atoms with van der Waals surface area (Å²) in [4.78, 5) is 0. The molecular weight excluding hydrogens is 496 g/mol. The molecular formula is C40H76O. The fraction of sp³-hybridized carbons (Fsp3) is 0.600. The van der Waals surface area contributed by atoms with Crippen LogP contribution in [0.25, 0.3) is 0 Å². The van der Waals surface area contributed by atoms with E-state index >= 15 is 0 Å². The SMILES string of the molecule is C/C=C(\C)CCCc1ccccc1.C=C(C)/C=C(\C=C(/C)CC)C(=C)O.CC.CC.CC.CCC(C)C.CCCC. The third-order valence-electron chi connectivity index (χ3n) is 5.38. The van der Waals surface area contributed by atoms with Gasteiger partial charge >= 0.3 is 0 Å². The molecule has 1 nitrogen and oxygen atoms in total. The Morgan fingerprint density at radius 3 is 1.51 bits per heavy atom. The van der Waals surface area contributed by atoms with Crippen LogP contribution in [0.15, 0.2) is 89.8 Å². The predicted molar refractivity (Wildman–Crippen MR) is 197 cm³/mol. The van der Waals surface area contributed by atoms with Crippen LogP contribution in [0.1, 0.15) is 155 Å². The lowest BCUT2D eigenvalue weighted by atomic mass is 10.1. The number of unbranched alkanes of at least 4 members (excludes halogenated alkanes) is 1. The van der Waals surface area contributed by atoms with E-state index in [-0.39, 0.29) is 5.76 Å². The van der Waals surface area contributed by atoms with Crippen LogP contribution >= 0.6 is 0 Å². The van der Waals surface area contributed by atoms with Gasteiger partial charge in [-0.1, -0.05) is 175 Å². The van der Waals surface area contributed by atoms with Gasteiger partial charge in [0.1, 0.15) is 5.76 Å². The van der Waals surface area contributed by atoms with Crippen molar-refractivity contribution in [1.29, 1.82) is 0 Å². The molecule has 41 heavy (non-hydrogen) atoms. The molecule has 0 saturated carbocycles. The molecule has 0 atom stereocenters. The van der Waals surface area contributed by atoms with Crippen LogP contribution in [0.4, 0.5) is 0 Å². The van der Waals surface area contributed by atoms with Gasteiger partial charge in [0.25, 0.3) is 0 Å². The molecule has 0 fully saturated rings. The van der Waals surface area contributed by atoms with Crippen molar-refractivity contribution >= 4 is 0 Å². The van der Waals surface area contributed by atoms with Gasteiger partial charge in [0.15, 0.2) is 0 Å². The molecule has 0 heterocycles. The van der Waals surface area contributed by atoms with Crippen LogP contribution in [0.3, 0.4) is 0 Å². The van der Waals surface area contributed by atoms with Crippen LogP contribution < -0.4 is 0 Å². The molecule has 242 valence electrons. The zero-order valence-corrected chi connectivity index (χ0v) is 31.0. The first-order chi connectivity index (χ1) is 19.5. The highest BCUT2D eigenvalue weighted by Crippen LogP contribution is 2.13. The van der Waals surface area contributed by atoms with Crippen molar-refractivity contribution in [3.63, 3.8) is 0 Å². The fourth-order valence-corrected chi connectivity index (χ4v) is 2.20. The zero-order valence-electron chi connectivity index (χ0n) is 31.0. The molecule has 1 rings (SSSR count). The van der Waals surface area contributed by atoms with Crippen LogP contribution in [-0.4, -0.2) is 5.11 Å². The summed E-state index contributed by atoms with van der Waals surface area (Å²) in [6.07, 6.45) is 14.6. The van der Waals surface area contributed by atoms with Gasteiger partial charge in [-0.05, 0) is 70.9 Å². The molecule has 0 aliphatic rings. The molecule has 1 aromatic rings. The van der Waals surface area contributed by atoms with E-state index in [9.17, 15) is 5.11 Å². The number of rotatable bonds is 10. The molecule has 1 N–H and O–H groups in total. The number of aliphatic hydroxyl groups is 1. The first kappa shape index (κ1) is 51.5. The summed E-state index contributed by atoms with van der Waals surface area (Å²) in [7, 11) is 0. The van der Waals surface area contributed by atoms with Gasteiger partial charge in [-0.15, -0.1) is 0 Å². The Morgan fingerprint density at radius 1 is 0.780 bits per heavy atom. The third kappa shape index (κ3) is 51.0. The summed E-state index contributed by atoms with van der Waals surface area (Å²) in [6, 6.07) is 10.7. The van der Waals surface area contributed by atoms with Crippen LogP contribution in [-0.2, 0) is 6.42 Å². The summed E-state index contributed by atoms with van der Waals surface area (Å²) in [5, 5.41) is 9.26. The molecule has 0 aromatic heterocycles. The summed E-state index contributed by atoms with van der Waals surface area (Å²) in [6.45, 7) is 40.5. The predicted octanol–water partition coefficient (Wildman–Crippen LogP) is 14.8. The second-order valence-electron chi connectivity index (χ2n) is 9.51. The van der Waals surface area contributed by atoms with Crippen molar-refractivity contribution in [2.75, 3.05) is 0 Å². The van der Waals surface area contributed by atoms with E-state index in [1.54, 1.807) is 0 Å². The van der Waals surface area contributed by atoms with Crippen molar-refractivity contribution in [1.82, 2.24) is 0 Å². The van der Waals surface area contributed by atoms with Gasteiger partial charge in [-0.2, -0.15) is 0 Å². The van der Waals surface area contributed by atoms with Gasteiger partial charge in [0.2, 0.25) is 0 Å². The molecule has 0 spiro atoms. The van der Waals surface area contributed by atoms with Crippen molar-refractivity contribution in [2.24, 2.45) is 5.92 Å². The zero-order chi connectivity index (χ0) is 33.6. The van der Waals surface area contributed by atoms with Crippen molar-refractivity contribution in [3.05, 3.63) is 95.3 Å². The summed E-state index contributed by atoms with van der Waals surface area (Å²) in [5.74, 6) is 0.978. The molecule has 0 unspecified atom stereocenters. The van der Waals surface area contributed by atoms with Gasteiger partial charge in [0.05, 0.1) is 0 Å². The minimum absolute atomic E-state index is 0.0933. The first-order valence-corrected chi connectivity index (χ1v) is 16.6. The molecule has 1 aromatic carbocycles. The molecule has 0 bridgehead atoms. The number of benzene rings is 1. The van der Waals surface area contributed by atoms with Gasteiger partial charge in [-0.25, -0.2) is 0 Å². The topological polar surface area (TPSA) is 20.2 Å². The molecule has 0 saturated heterocycles. The average molecular weight is 573 g/mol. The average Bonchev–Trinajstić information content (AvgIpc) is 3.00. The number of hydrogen-bond acceptors (Lipinski definition) is 1. The third-order valence-corrected chi connectivity index (χ3v) is 5.38. The van der Waals surface area contributed by atoms with E-state index in [2.05, 4.69) is 105 Å². The monoisotopic (exact) mass is 573 g/mol. The Kier molecular flexibility index (Phi) is 56.1. The Labute approximate surface area is 261 Å². The number of allylic oxidation sites excluding steroid dienone is 6. The second kappa shape index (κ2) is 44.7. The van der Waals surface area contributed by atoms with Crippen molar-refractivity contribution in [2.45, 2.75) is 156 Å². The second-order valence-corrected chi connectivity index (χ2v) is 9.51. The maximum absolute atomic E-state index is 9.26. The molecule has 1 heteroatoms. The van der Waals surface area contributed by atoms with Crippen molar-refractivity contribution < 1.29 is 5.11 Å². The largest absolute Gasteiger partial charge is 0.508 e. The van der Waals surface area contributed by atoms with E-state index in [0.29, 0.717) is 0 Å². The summed E-state index contributed by atoms with van der Waals surface area (Å²) < 4.78 is 0. The number of aliphatic hydroxyl groups excluding tert-OH is 1. The fourth-order valence-electron chi connectivity index (χ4n) is 2.20. The minimum Gasteiger partial charge on any atom is -0.508 e. The minimum atomic E-state index is 0.0933. The number of aryl methyl sites for hydroxylation is 1. The van der Waals surface area contributed by atoms with Crippen LogP contribution in [0, 0.1) is 5.92 Å². The standard InChI is InChI=1S/C13H18.C12H18O.C5H12.C4H10.3C2H6/c1-3-12(2)8-7-11-13-9-5-4-6-10-13;1-6-10(4)8-12(11(5)13)7-9(2)3;1-4-5(2)3;1-3-4-2;3*1-2/h3-6,9-10H,7-8,11H2,1-2H3;7-8,13H,2,5-6H2,1,3-4H3;5H,4H2,1-3H3;3-4H2,1-2H3;3*1-2H3/b12-3+;10-8+,12-7+;;;;;. The van der Waals surface area contributed by atoms with E-state index in [1.807, 2.05) is 67.5 Å². The van der Waals surface area contributed by atoms with E-state index < -0.39 is 0 Å². The van der Waals surface area contributed by atoms with E-state index in [4.69, 9.17) is 0 Å². The van der Waals surface area contributed by atoms with E-state index in [0.717, 1.165) is 23.5 Å². The summed E-state index contributed by atoms with van der Waals surface area (Å²) >= 11 is 0. The number of hydrogen-bond donors (Lipinski definition) is 1. The lowest BCUT2D eigenvalue weighted by Gasteiger charge is -2.02. The van der Waals surface area contributed by atoms with Crippen LogP contribution in [0.5, 0.6) is 0 Å². The highest BCUT2D eigenvalue weighted by atomic mass is 16.3. The Bertz CT molecular complexity index is 727. The lowest BCUT2D eigenvalue weighted by molar-refractivity contribution is 0.429.